The van der Waals surface area contributed by atoms with E-state index < -0.39 is 5.69 Å². The lowest BCUT2D eigenvalue weighted by atomic mass is 10.1. The molecule has 0 amide bonds. The van der Waals surface area contributed by atoms with Gasteiger partial charge in [0, 0.05) is 32.4 Å². The summed E-state index contributed by atoms with van der Waals surface area (Å²) in [7, 11) is 0. The molecule has 0 fully saturated rings. The number of thiophene rings is 1. The van der Waals surface area contributed by atoms with Gasteiger partial charge in [0.05, 0.1) is 17.4 Å². The molecule has 3 heterocycles. The monoisotopic (exact) mass is 419 g/mol. The van der Waals surface area contributed by atoms with Crippen molar-refractivity contribution in [2.24, 2.45) is 0 Å². The first-order chi connectivity index (χ1) is 14.0. The quantitative estimate of drug-likeness (QED) is 0.441. The fourth-order valence-electron chi connectivity index (χ4n) is 3.59. The number of rotatable bonds is 2. The Morgan fingerprint density at radius 1 is 1.07 bits per heavy atom. The molecule has 5 rings (SSSR count). The molecule has 1 N–H and O–H groups in total. The average molecular weight is 420 g/mol. The minimum absolute atomic E-state index is 0.371. The highest BCUT2D eigenvalue weighted by Crippen LogP contribution is 2.35. The third-order valence-electron chi connectivity index (χ3n) is 4.93. The van der Waals surface area contributed by atoms with E-state index in [1.165, 1.54) is 11.3 Å². The number of H-pyrrole nitrogens is 1. The summed E-state index contributed by atoms with van der Waals surface area (Å²) in [5.41, 5.74) is 1.90. The van der Waals surface area contributed by atoms with Gasteiger partial charge in [-0.3, -0.25) is 9.78 Å². The van der Waals surface area contributed by atoms with Crippen molar-refractivity contribution in [1.29, 1.82) is 0 Å². The number of benzene rings is 2. The van der Waals surface area contributed by atoms with Gasteiger partial charge in [-0.15, -0.1) is 11.3 Å². The number of aryl methyl sites for hydroxylation is 1. The van der Waals surface area contributed by atoms with Gasteiger partial charge in [-0.2, -0.15) is 0 Å². The van der Waals surface area contributed by atoms with Gasteiger partial charge in [0.25, 0.3) is 5.56 Å². The first-order valence-corrected chi connectivity index (χ1v) is 10.1. The summed E-state index contributed by atoms with van der Waals surface area (Å²) < 4.78 is 1.63. The van der Waals surface area contributed by atoms with E-state index in [9.17, 15) is 9.59 Å². The van der Waals surface area contributed by atoms with E-state index in [0.717, 1.165) is 31.3 Å². The molecule has 2 aromatic carbocycles. The molecule has 0 spiro atoms. The maximum absolute atomic E-state index is 13.3. The largest absolute Gasteiger partial charge is 0.333 e. The highest BCUT2D eigenvalue weighted by atomic mass is 35.5. The zero-order valence-corrected chi connectivity index (χ0v) is 16.8. The van der Waals surface area contributed by atoms with E-state index in [1.807, 2.05) is 43.3 Å². The molecule has 29 heavy (non-hydrogen) atoms. The van der Waals surface area contributed by atoms with Crippen molar-refractivity contribution < 1.29 is 0 Å². The van der Waals surface area contributed by atoms with Gasteiger partial charge in [-0.05, 0) is 24.6 Å². The summed E-state index contributed by atoms with van der Waals surface area (Å²) >= 11 is 7.62. The van der Waals surface area contributed by atoms with Crippen molar-refractivity contribution in [3.8, 4) is 16.1 Å². The lowest BCUT2D eigenvalue weighted by Crippen LogP contribution is -2.33. The van der Waals surface area contributed by atoms with Gasteiger partial charge in [0.1, 0.15) is 4.70 Å². The summed E-state index contributed by atoms with van der Waals surface area (Å²) in [6.45, 7) is 1.95. The van der Waals surface area contributed by atoms with Gasteiger partial charge >= 0.3 is 5.69 Å². The Balaban J connectivity index is 1.83. The van der Waals surface area contributed by atoms with Crippen LogP contribution in [0.1, 0.15) is 5.56 Å². The van der Waals surface area contributed by atoms with Crippen LogP contribution in [-0.4, -0.2) is 14.5 Å². The van der Waals surface area contributed by atoms with E-state index in [4.69, 9.17) is 11.6 Å². The number of pyridine rings is 1. The van der Waals surface area contributed by atoms with Crippen LogP contribution in [0.5, 0.6) is 0 Å². The summed E-state index contributed by atoms with van der Waals surface area (Å²) in [6.07, 6.45) is 3.28. The third-order valence-corrected chi connectivity index (χ3v) is 6.41. The molecule has 142 valence electrons. The van der Waals surface area contributed by atoms with Gasteiger partial charge in [-0.1, -0.05) is 48.0 Å². The lowest BCUT2D eigenvalue weighted by molar-refractivity contribution is 0.905. The number of aromatic nitrogens is 3. The van der Waals surface area contributed by atoms with Crippen LogP contribution in [-0.2, 0) is 0 Å². The molecule has 0 aliphatic heterocycles. The second kappa shape index (κ2) is 6.69. The summed E-state index contributed by atoms with van der Waals surface area (Å²) in [5, 5.41) is 2.30. The van der Waals surface area contributed by atoms with Crippen LogP contribution in [0.2, 0.25) is 5.02 Å². The Hall–Kier alpha value is -3.22. The van der Waals surface area contributed by atoms with Crippen LogP contribution in [0.25, 0.3) is 37.1 Å². The maximum atomic E-state index is 13.3. The topological polar surface area (TPSA) is 67.8 Å². The number of aromatic amines is 1. The van der Waals surface area contributed by atoms with Crippen molar-refractivity contribution in [2.75, 3.05) is 0 Å². The van der Waals surface area contributed by atoms with Crippen molar-refractivity contribution in [3.05, 3.63) is 92.3 Å². The smallest absolute Gasteiger partial charge is 0.306 e. The number of fused-ring (bicyclic) bond motifs is 2. The molecule has 7 heteroatoms. The van der Waals surface area contributed by atoms with Crippen LogP contribution in [0.4, 0.5) is 0 Å². The molecule has 5 aromatic rings. The maximum Gasteiger partial charge on any atom is 0.333 e. The number of nitrogens with one attached hydrogen (secondary N) is 1. The summed E-state index contributed by atoms with van der Waals surface area (Å²) in [4.78, 5) is 34.1. The Labute approximate surface area is 173 Å². The van der Waals surface area contributed by atoms with Crippen molar-refractivity contribution in [1.82, 2.24) is 14.5 Å². The number of hydrogen-bond acceptors (Lipinski definition) is 4. The first kappa shape index (κ1) is 17.8. The van der Waals surface area contributed by atoms with Crippen LogP contribution >= 0.6 is 22.9 Å². The van der Waals surface area contributed by atoms with Crippen LogP contribution in [0.3, 0.4) is 0 Å². The van der Waals surface area contributed by atoms with E-state index in [-0.39, 0.29) is 5.56 Å². The average Bonchev–Trinajstić information content (AvgIpc) is 3.12. The van der Waals surface area contributed by atoms with Crippen molar-refractivity contribution in [2.45, 2.75) is 6.92 Å². The summed E-state index contributed by atoms with van der Waals surface area (Å²) in [5.74, 6) is 0. The molecule has 0 saturated heterocycles. The SMILES string of the molecule is Cc1cccc2cncc(-n3c(=O)[nH]c4cc(-c5ccccc5Cl)sc4c3=O)c12. The Bertz CT molecular complexity index is 1530. The molecular weight excluding hydrogens is 406 g/mol. The molecule has 0 saturated carbocycles. The standard InChI is InChI=1S/C22H14ClN3O2S/c1-12-5-4-6-13-10-24-11-17(19(12)13)26-21(27)20-16(25-22(26)28)9-18(29-20)14-7-2-3-8-15(14)23/h2-11H,1H3,(H,25,28). The van der Waals surface area contributed by atoms with Crippen LogP contribution in [0, 0.1) is 6.92 Å². The normalized spacial score (nSPS) is 11.4. The summed E-state index contributed by atoms with van der Waals surface area (Å²) in [6, 6.07) is 15.0. The van der Waals surface area contributed by atoms with Gasteiger partial charge in [-0.25, -0.2) is 9.36 Å². The number of nitrogens with zero attached hydrogens (tertiary/aromatic N) is 2. The molecule has 0 atom stereocenters. The van der Waals surface area contributed by atoms with E-state index in [2.05, 4.69) is 9.97 Å². The molecule has 3 aromatic heterocycles. The second-order valence-electron chi connectivity index (χ2n) is 6.74. The zero-order chi connectivity index (χ0) is 20.1. The third kappa shape index (κ3) is 2.80. The predicted molar refractivity (Wildman–Crippen MR) is 119 cm³/mol. The molecular formula is C22H14ClN3O2S. The second-order valence-corrected chi connectivity index (χ2v) is 8.20. The van der Waals surface area contributed by atoms with E-state index in [1.54, 1.807) is 24.5 Å². The van der Waals surface area contributed by atoms with Crippen molar-refractivity contribution in [3.63, 3.8) is 0 Å². The Kier molecular flexibility index (Phi) is 4.12. The van der Waals surface area contributed by atoms with Gasteiger partial charge in [0.2, 0.25) is 0 Å². The highest BCUT2D eigenvalue weighted by Gasteiger charge is 2.17. The van der Waals surface area contributed by atoms with Crippen LogP contribution < -0.4 is 11.2 Å². The van der Waals surface area contributed by atoms with Crippen LogP contribution in [0.15, 0.2) is 70.5 Å². The Morgan fingerprint density at radius 2 is 1.90 bits per heavy atom. The van der Waals surface area contributed by atoms with Gasteiger partial charge < -0.3 is 4.98 Å². The number of halogens is 1. The van der Waals surface area contributed by atoms with E-state index in [0.29, 0.717) is 20.9 Å². The zero-order valence-electron chi connectivity index (χ0n) is 15.3. The minimum Gasteiger partial charge on any atom is -0.306 e. The Morgan fingerprint density at radius 3 is 2.72 bits per heavy atom. The molecule has 0 bridgehead atoms. The predicted octanol–water partition coefficient (Wildman–Crippen LogP) is 4.92. The highest BCUT2D eigenvalue weighted by molar-refractivity contribution is 7.22. The molecule has 0 radical (unpaired) electrons. The fourth-order valence-corrected chi connectivity index (χ4v) is 4.97. The van der Waals surface area contributed by atoms with E-state index >= 15 is 0 Å². The number of hydrogen-bond donors (Lipinski definition) is 1. The molecule has 0 aliphatic carbocycles. The van der Waals surface area contributed by atoms with Crippen molar-refractivity contribution >= 4 is 43.9 Å². The molecule has 5 nitrogen and oxygen atoms in total. The minimum atomic E-state index is -0.497. The fraction of sp³-hybridized carbons (Fsp3) is 0.0455. The van der Waals surface area contributed by atoms with Gasteiger partial charge in [0.15, 0.2) is 0 Å². The molecule has 0 aliphatic rings. The first-order valence-electron chi connectivity index (χ1n) is 8.92. The lowest BCUT2D eigenvalue weighted by Gasteiger charge is -2.10. The molecule has 0 unspecified atom stereocenters.